The third-order valence-corrected chi connectivity index (χ3v) is 4.04. The number of methoxy groups -OCH3 is 1. The van der Waals surface area contributed by atoms with E-state index in [0.717, 1.165) is 16.6 Å². The maximum atomic E-state index is 12.3. The molecule has 20 heavy (non-hydrogen) atoms. The van der Waals surface area contributed by atoms with Gasteiger partial charge in [0.1, 0.15) is 5.75 Å². The van der Waals surface area contributed by atoms with Crippen LogP contribution in [0, 0.1) is 6.92 Å². The van der Waals surface area contributed by atoms with Gasteiger partial charge in [0.25, 0.3) is 0 Å². The van der Waals surface area contributed by atoms with E-state index in [1.165, 1.54) is 0 Å². The molecule has 0 N–H and O–H groups in total. The third kappa shape index (κ3) is 4.11. The van der Waals surface area contributed by atoms with Crippen LogP contribution >= 0.6 is 20.2 Å². The standard InChI is InChI=1S/C15H13ClO2P.Li/c1-10-4-3-5-13(16)14(10)15(17)19-12-8-6-11(18-2)7-9-12;/h3-9H,1-2H3;/q-1;+1. The first-order valence-corrected chi connectivity index (χ1v) is 7.04. The van der Waals surface area contributed by atoms with Gasteiger partial charge in [0, 0.05) is 16.1 Å². The van der Waals surface area contributed by atoms with Crippen LogP contribution in [0.3, 0.4) is 0 Å². The zero-order valence-electron chi connectivity index (χ0n) is 11.7. The number of rotatable bonds is 4. The monoisotopic (exact) mass is 298 g/mol. The van der Waals surface area contributed by atoms with Crippen molar-refractivity contribution < 1.29 is 28.4 Å². The van der Waals surface area contributed by atoms with Crippen molar-refractivity contribution in [3.8, 4) is 5.75 Å². The molecule has 0 aliphatic heterocycles. The smallest absolute Gasteiger partial charge is 0.497 e. The van der Waals surface area contributed by atoms with E-state index in [1.54, 1.807) is 13.2 Å². The van der Waals surface area contributed by atoms with Gasteiger partial charge in [0.15, 0.2) is 0 Å². The van der Waals surface area contributed by atoms with Crippen LogP contribution in [-0.4, -0.2) is 12.6 Å². The van der Waals surface area contributed by atoms with Crippen LogP contribution in [0.15, 0.2) is 42.5 Å². The van der Waals surface area contributed by atoms with E-state index in [0.29, 0.717) is 19.2 Å². The Hall–Kier alpha value is -0.773. The predicted octanol–water partition coefficient (Wildman–Crippen LogP) is 1.07. The van der Waals surface area contributed by atoms with E-state index in [1.807, 2.05) is 43.3 Å². The summed E-state index contributed by atoms with van der Waals surface area (Å²) in [7, 11) is 2.23. The molecule has 0 heterocycles. The Labute approximate surface area is 137 Å². The van der Waals surface area contributed by atoms with Crippen molar-refractivity contribution in [3.63, 3.8) is 0 Å². The molecule has 0 saturated heterocycles. The first-order valence-electron chi connectivity index (χ1n) is 5.77. The summed E-state index contributed by atoms with van der Waals surface area (Å²) in [6.07, 6.45) is 0. The van der Waals surface area contributed by atoms with Gasteiger partial charge in [-0.3, -0.25) is 0 Å². The number of halogens is 1. The summed E-state index contributed by atoms with van der Waals surface area (Å²) >= 11 is 6.09. The third-order valence-electron chi connectivity index (χ3n) is 2.74. The quantitative estimate of drug-likeness (QED) is 0.623. The zero-order valence-corrected chi connectivity index (χ0v) is 13.3. The summed E-state index contributed by atoms with van der Waals surface area (Å²) in [6.45, 7) is 1.89. The van der Waals surface area contributed by atoms with Gasteiger partial charge >= 0.3 is 18.9 Å². The molecule has 2 nitrogen and oxygen atoms in total. The van der Waals surface area contributed by atoms with Crippen LogP contribution in [0.2, 0.25) is 5.02 Å². The van der Waals surface area contributed by atoms with Crippen molar-refractivity contribution in [2.45, 2.75) is 6.92 Å². The van der Waals surface area contributed by atoms with Crippen molar-refractivity contribution in [2.24, 2.45) is 0 Å². The minimum atomic E-state index is 0. The Bertz CT molecular complexity index is 579. The van der Waals surface area contributed by atoms with E-state index in [-0.39, 0.29) is 24.4 Å². The number of ether oxygens (including phenoxy) is 1. The van der Waals surface area contributed by atoms with Crippen LogP contribution in [-0.2, 0) is 0 Å². The molecule has 0 aromatic heterocycles. The largest absolute Gasteiger partial charge is 1.00 e. The molecule has 0 bridgehead atoms. The van der Waals surface area contributed by atoms with Gasteiger partial charge in [0.2, 0.25) is 0 Å². The number of carbonyl (C=O) groups excluding carboxylic acids is 1. The van der Waals surface area contributed by atoms with E-state index in [2.05, 4.69) is 0 Å². The van der Waals surface area contributed by atoms with Crippen LogP contribution < -0.4 is 28.9 Å². The van der Waals surface area contributed by atoms with Gasteiger partial charge in [-0.25, -0.2) is 0 Å². The summed E-state index contributed by atoms with van der Waals surface area (Å²) in [4.78, 5) is 12.3. The molecule has 0 aliphatic rings. The number of hydrogen-bond acceptors (Lipinski definition) is 2. The van der Waals surface area contributed by atoms with E-state index in [4.69, 9.17) is 16.3 Å². The molecule has 0 amide bonds. The van der Waals surface area contributed by atoms with Crippen molar-refractivity contribution in [2.75, 3.05) is 7.11 Å². The first kappa shape index (κ1) is 17.3. The fourth-order valence-corrected chi connectivity index (χ4v) is 3.05. The van der Waals surface area contributed by atoms with Crippen LogP contribution in [0.25, 0.3) is 0 Å². The fraction of sp³-hybridized carbons (Fsp3) is 0.133. The summed E-state index contributed by atoms with van der Waals surface area (Å²) in [6, 6.07) is 12.9. The van der Waals surface area contributed by atoms with Crippen molar-refractivity contribution in [1.82, 2.24) is 0 Å². The minimum Gasteiger partial charge on any atom is -0.497 e. The number of aryl methyl sites for hydroxylation is 1. The molecule has 2 rings (SSSR count). The predicted molar refractivity (Wildman–Crippen MR) is 80.1 cm³/mol. The normalized spacial score (nSPS) is 10.3. The Morgan fingerprint density at radius 2 is 1.80 bits per heavy atom. The minimum absolute atomic E-state index is 0. The van der Waals surface area contributed by atoms with Gasteiger partial charge in [-0.15, -0.1) is 0 Å². The number of carbonyl (C=O) groups is 1. The van der Waals surface area contributed by atoms with Crippen molar-refractivity contribution >= 4 is 31.0 Å². The molecule has 2 aromatic rings. The van der Waals surface area contributed by atoms with Gasteiger partial charge in [-0.05, 0) is 30.7 Å². The van der Waals surface area contributed by atoms with Gasteiger partial charge in [-0.2, -0.15) is 5.30 Å². The Balaban J connectivity index is 0.00000200. The molecule has 0 saturated carbocycles. The molecule has 0 radical (unpaired) electrons. The molecule has 5 heteroatoms. The average Bonchev–Trinajstić information content (AvgIpc) is 2.39. The van der Waals surface area contributed by atoms with E-state index in [9.17, 15) is 4.79 Å². The molecule has 0 fully saturated rings. The molecule has 0 unspecified atom stereocenters. The van der Waals surface area contributed by atoms with Gasteiger partial charge in [0.05, 0.1) is 7.11 Å². The second kappa shape index (κ2) is 7.86. The van der Waals surface area contributed by atoms with Crippen molar-refractivity contribution in [1.29, 1.82) is 0 Å². The molecule has 98 valence electrons. The molecule has 0 atom stereocenters. The van der Waals surface area contributed by atoms with Gasteiger partial charge in [-0.1, -0.05) is 35.9 Å². The average molecular weight is 299 g/mol. The zero-order chi connectivity index (χ0) is 13.8. The summed E-state index contributed by atoms with van der Waals surface area (Å²) in [5.41, 5.74) is 1.51. The molecule has 0 spiro atoms. The molecular weight excluding hydrogens is 286 g/mol. The maximum absolute atomic E-state index is 12.3. The Kier molecular flexibility index (Phi) is 6.79. The van der Waals surface area contributed by atoms with E-state index < -0.39 is 0 Å². The first-order chi connectivity index (χ1) is 9.11. The van der Waals surface area contributed by atoms with Crippen LogP contribution in [0.1, 0.15) is 15.9 Å². The van der Waals surface area contributed by atoms with Crippen LogP contribution in [0.4, 0.5) is 0 Å². The number of hydrogen-bond donors (Lipinski definition) is 0. The number of benzene rings is 2. The molecular formula is C15H13ClLiO2P. The van der Waals surface area contributed by atoms with E-state index >= 15 is 0 Å². The SMILES string of the molecule is COc1ccc([P-]C(=O)c2c(C)cccc2Cl)cc1.[Li+]. The van der Waals surface area contributed by atoms with Crippen molar-refractivity contribution in [3.05, 3.63) is 58.6 Å². The Morgan fingerprint density at radius 1 is 1.15 bits per heavy atom. The van der Waals surface area contributed by atoms with Gasteiger partial charge < -0.3 is 18.1 Å². The second-order valence-electron chi connectivity index (χ2n) is 4.05. The summed E-state index contributed by atoms with van der Waals surface area (Å²) in [5.74, 6) is 0.778. The maximum Gasteiger partial charge on any atom is 1.00 e. The molecule has 2 aromatic carbocycles. The van der Waals surface area contributed by atoms with Crippen LogP contribution in [0.5, 0.6) is 5.75 Å². The topological polar surface area (TPSA) is 26.3 Å². The Morgan fingerprint density at radius 3 is 2.35 bits per heavy atom. The summed E-state index contributed by atoms with van der Waals surface area (Å²) in [5, 5.41) is 1.43. The summed E-state index contributed by atoms with van der Waals surface area (Å²) < 4.78 is 5.09. The fourth-order valence-electron chi connectivity index (χ4n) is 1.73. The second-order valence-corrected chi connectivity index (χ2v) is 5.60. The molecule has 0 aliphatic carbocycles.